The van der Waals surface area contributed by atoms with Gasteiger partial charge in [0.15, 0.2) is 0 Å². The van der Waals surface area contributed by atoms with E-state index in [9.17, 15) is 0 Å². The zero-order valence-electron chi connectivity index (χ0n) is 12.5. The van der Waals surface area contributed by atoms with Crippen molar-refractivity contribution in [1.29, 1.82) is 0 Å². The van der Waals surface area contributed by atoms with Crippen molar-refractivity contribution in [2.45, 2.75) is 77.3 Å². The molecular weight excluding hydrogens is 220 g/mol. The second-order valence-corrected chi connectivity index (χ2v) is 6.79. The molecule has 0 aromatic carbocycles. The van der Waals surface area contributed by atoms with Gasteiger partial charge in [-0.05, 0) is 38.1 Å². The molecule has 18 heavy (non-hydrogen) atoms. The Morgan fingerprint density at radius 1 is 1.00 bits per heavy atom. The summed E-state index contributed by atoms with van der Waals surface area (Å²) in [6.45, 7) is 8.56. The smallest absolute Gasteiger partial charge is 0.0195 e. The van der Waals surface area contributed by atoms with Crippen LogP contribution in [0.4, 0.5) is 0 Å². The van der Waals surface area contributed by atoms with E-state index in [1.165, 1.54) is 71.0 Å². The molecule has 1 aliphatic carbocycles. The minimum Gasteiger partial charge on any atom is -0.313 e. The minimum absolute atomic E-state index is 0.770. The molecule has 1 aliphatic heterocycles. The monoisotopic (exact) mass is 252 g/mol. The predicted octanol–water partition coefficient (Wildman–Crippen LogP) is 3.42. The van der Waals surface area contributed by atoms with Crippen molar-refractivity contribution in [3.05, 3.63) is 0 Å². The third-order valence-electron chi connectivity index (χ3n) is 4.56. The first-order valence-corrected chi connectivity index (χ1v) is 8.23. The Bertz CT molecular complexity index is 213. The van der Waals surface area contributed by atoms with Crippen LogP contribution in [0.1, 0.15) is 65.2 Å². The summed E-state index contributed by atoms with van der Waals surface area (Å²) in [6.07, 6.45) is 11.5. The number of hydrogen-bond acceptors (Lipinski definition) is 2. The zero-order chi connectivity index (χ0) is 12.8. The molecule has 1 N–H and O–H groups in total. The van der Waals surface area contributed by atoms with Crippen molar-refractivity contribution in [2.75, 3.05) is 19.6 Å². The maximum atomic E-state index is 3.67. The Morgan fingerprint density at radius 3 is 2.28 bits per heavy atom. The van der Waals surface area contributed by atoms with Crippen LogP contribution < -0.4 is 5.32 Å². The van der Waals surface area contributed by atoms with Crippen LogP contribution >= 0.6 is 0 Å². The quantitative estimate of drug-likeness (QED) is 0.754. The largest absolute Gasteiger partial charge is 0.313 e. The first kappa shape index (κ1) is 14.3. The Labute approximate surface area is 114 Å². The number of nitrogens with one attached hydrogen (secondary N) is 1. The highest BCUT2D eigenvalue weighted by Gasteiger charge is 2.24. The minimum atomic E-state index is 0.770. The molecule has 0 spiro atoms. The molecule has 1 heterocycles. The molecule has 0 aromatic rings. The first-order valence-electron chi connectivity index (χ1n) is 8.23. The highest BCUT2D eigenvalue weighted by Crippen LogP contribution is 2.23. The predicted molar refractivity (Wildman–Crippen MR) is 78.9 cm³/mol. The third-order valence-corrected chi connectivity index (χ3v) is 4.56. The van der Waals surface area contributed by atoms with Crippen molar-refractivity contribution < 1.29 is 0 Å². The van der Waals surface area contributed by atoms with Gasteiger partial charge in [-0.1, -0.05) is 39.5 Å². The van der Waals surface area contributed by atoms with E-state index in [0.717, 1.165) is 18.0 Å². The van der Waals surface area contributed by atoms with E-state index in [-0.39, 0.29) is 0 Å². The lowest BCUT2D eigenvalue weighted by atomic mass is 10.0. The van der Waals surface area contributed by atoms with Crippen LogP contribution in [0, 0.1) is 5.92 Å². The summed E-state index contributed by atoms with van der Waals surface area (Å²) < 4.78 is 0. The van der Waals surface area contributed by atoms with Crippen molar-refractivity contribution in [3.8, 4) is 0 Å². The molecule has 2 aliphatic rings. The van der Waals surface area contributed by atoms with Crippen molar-refractivity contribution >= 4 is 0 Å². The normalized spacial score (nSPS) is 27.0. The molecule has 2 rings (SSSR count). The molecule has 0 aromatic heterocycles. The number of nitrogens with zero attached hydrogens (tertiary/aromatic N) is 1. The molecule has 2 nitrogen and oxygen atoms in total. The molecular formula is C16H32N2. The van der Waals surface area contributed by atoms with Gasteiger partial charge in [0.25, 0.3) is 0 Å². The van der Waals surface area contributed by atoms with Crippen LogP contribution in [0.3, 0.4) is 0 Å². The van der Waals surface area contributed by atoms with E-state index in [0.29, 0.717) is 0 Å². The molecule has 2 heteroatoms. The van der Waals surface area contributed by atoms with Crippen LogP contribution in [0.25, 0.3) is 0 Å². The Morgan fingerprint density at radius 2 is 1.72 bits per heavy atom. The van der Waals surface area contributed by atoms with Crippen LogP contribution in [0.15, 0.2) is 0 Å². The van der Waals surface area contributed by atoms with Crippen molar-refractivity contribution in [1.82, 2.24) is 10.2 Å². The van der Waals surface area contributed by atoms with Crippen LogP contribution in [0.2, 0.25) is 0 Å². The Kier molecular flexibility index (Phi) is 5.97. The van der Waals surface area contributed by atoms with Crippen molar-refractivity contribution in [3.63, 3.8) is 0 Å². The van der Waals surface area contributed by atoms with E-state index >= 15 is 0 Å². The molecule has 0 radical (unpaired) electrons. The highest BCUT2D eigenvalue weighted by molar-refractivity contribution is 4.83. The van der Waals surface area contributed by atoms with Crippen LogP contribution in [0.5, 0.6) is 0 Å². The zero-order valence-corrected chi connectivity index (χ0v) is 12.5. The van der Waals surface area contributed by atoms with E-state index in [1.54, 1.807) is 0 Å². The molecule has 2 fully saturated rings. The Hall–Kier alpha value is -0.0800. The molecule has 0 amide bonds. The number of rotatable bonds is 5. The van der Waals surface area contributed by atoms with Crippen LogP contribution in [-0.2, 0) is 0 Å². The molecule has 106 valence electrons. The summed E-state index contributed by atoms with van der Waals surface area (Å²) in [6, 6.07) is 1.64. The van der Waals surface area contributed by atoms with Crippen LogP contribution in [-0.4, -0.2) is 36.6 Å². The summed E-state index contributed by atoms with van der Waals surface area (Å²) >= 11 is 0. The van der Waals surface area contributed by atoms with Gasteiger partial charge in [-0.3, -0.25) is 4.90 Å². The summed E-state index contributed by atoms with van der Waals surface area (Å²) in [4.78, 5) is 2.82. The summed E-state index contributed by atoms with van der Waals surface area (Å²) in [7, 11) is 0. The lowest BCUT2D eigenvalue weighted by Crippen LogP contribution is -2.45. The van der Waals surface area contributed by atoms with Gasteiger partial charge in [0.05, 0.1) is 0 Å². The average molecular weight is 252 g/mol. The standard InChI is InChI=1S/C16H32N2/c1-14(2)12-18(13-15-8-7-11-17-15)16-9-5-3-4-6-10-16/h14-17H,3-13H2,1-2H3. The van der Waals surface area contributed by atoms with Gasteiger partial charge in [-0.15, -0.1) is 0 Å². The second-order valence-electron chi connectivity index (χ2n) is 6.79. The fourth-order valence-corrected chi connectivity index (χ4v) is 3.66. The maximum absolute atomic E-state index is 3.67. The summed E-state index contributed by atoms with van der Waals surface area (Å²) in [5.41, 5.74) is 0. The fourth-order valence-electron chi connectivity index (χ4n) is 3.66. The van der Waals surface area contributed by atoms with Gasteiger partial charge in [0, 0.05) is 25.2 Å². The maximum Gasteiger partial charge on any atom is 0.0195 e. The highest BCUT2D eigenvalue weighted by atomic mass is 15.2. The molecule has 1 atom stereocenters. The molecule has 0 bridgehead atoms. The summed E-state index contributed by atoms with van der Waals surface area (Å²) in [5, 5.41) is 3.67. The molecule has 1 saturated carbocycles. The van der Waals surface area contributed by atoms with Gasteiger partial charge in [-0.25, -0.2) is 0 Å². The lowest BCUT2D eigenvalue weighted by molar-refractivity contribution is 0.147. The Balaban J connectivity index is 1.89. The van der Waals surface area contributed by atoms with Crippen molar-refractivity contribution in [2.24, 2.45) is 5.92 Å². The van der Waals surface area contributed by atoms with E-state index in [1.807, 2.05) is 0 Å². The van der Waals surface area contributed by atoms with E-state index in [4.69, 9.17) is 0 Å². The first-order chi connectivity index (χ1) is 8.75. The summed E-state index contributed by atoms with van der Waals surface area (Å²) in [5.74, 6) is 0.801. The van der Waals surface area contributed by atoms with Gasteiger partial charge in [0.2, 0.25) is 0 Å². The fraction of sp³-hybridized carbons (Fsp3) is 1.00. The third kappa shape index (κ3) is 4.55. The van der Waals surface area contributed by atoms with Gasteiger partial charge in [0.1, 0.15) is 0 Å². The molecule has 1 saturated heterocycles. The van der Waals surface area contributed by atoms with E-state index in [2.05, 4.69) is 24.1 Å². The number of hydrogen-bond donors (Lipinski definition) is 1. The van der Waals surface area contributed by atoms with Gasteiger partial charge < -0.3 is 5.32 Å². The molecule has 1 unspecified atom stereocenters. The van der Waals surface area contributed by atoms with Gasteiger partial charge >= 0.3 is 0 Å². The lowest BCUT2D eigenvalue weighted by Gasteiger charge is -2.34. The SMILES string of the molecule is CC(C)CN(CC1CCCN1)C1CCCCCC1. The topological polar surface area (TPSA) is 15.3 Å². The average Bonchev–Trinajstić information content (AvgIpc) is 2.68. The second kappa shape index (κ2) is 7.49. The van der Waals surface area contributed by atoms with Gasteiger partial charge in [-0.2, -0.15) is 0 Å². The van der Waals surface area contributed by atoms with E-state index < -0.39 is 0 Å².